The molecule has 0 spiro atoms. The Balaban J connectivity index is 2.88. The zero-order valence-corrected chi connectivity index (χ0v) is 4.94. The Labute approximate surface area is 55.5 Å². The van der Waals surface area contributed by atoms with E-state index in [1.54, 1.807) is 0 Å². The summed E-state index contributed by atoms with van der Waals surface area (Å²) in [7, 11) is 0. The molecule has 0 bridgehead atoms. The molecule has 6 nitrogen and oxygen atoms in total. The van der Waals surface area contributed by atoms with Crippen molar-refractivity contribution in [3.05, 3.63) is 6.20 Å². The number of hydrogen-bond acceptors (Lipinski definition) is 5. The predicted molar refractivity (Wildman–Crippen MR) is 33.9 cm³/mol. The molecule has 50 valence electrons. The third-order valence-corrected chi connectivity index (χ3v) is 1.11. The van der Waals surface area contributed by atoms with Crippen LogP contribution in [0.4, 0.5) is 5.95 Å². The van der Waals surface area contributed by atoms with Crippen molar-refractivity contribution in [2.75, 3.05) is 5.73 Å². The first-order valence-corrected chi connectivity index (χ1v) is 2.66. The Bertz CT molecular complexity index is 318. The first-order chi connectivity index (χ1) is 4.86. The molecule has 0 aliphatic carbocycles. The van der Waals surface area contributed by atoms with Crippen molar-refractivity contribution in [3.8, 4) is 0 Å². The van der Waals surface area contributed by atoms with E-state index < -0.39 is 0 Å². The normalized spacial score (nSPS) is 10.4. The summed E-state index contributed by atoms with van der Waals surface area (Å²) in [5, 5.41) is 10.5. The minimum atomic E-state index is 0.331. The third kappa shape index (κ3) is 0.586. The number of nitrogens with two attached hydrogens (primary N) is 1. The zero-order chi connectivity index (χ0) is 6.97. The molecule has 0 amide bonds. The average molecular weight is 136 g/mol. The van der Waals surface area contributed by atoms with Crippen LogP contribution in [0.2, 0.25) is 0 Å². The predicted octanol–water partition coefficient (Wildman–Crippen LogP) is -0.670. The van der Waals surface area contributed by atoms with Crippen LogP contribution in [-0.2, 0) is 0 Å². The lowest BCUT2D eigenvalue weighted by molar-refractivity contribution is 0.888. The van der Waals surface area contributed by atoms with Crippen molar-refractivity contribution >= 4 is 17.1 Å². The number of nitrogens with one attached hydrogen (secondary N) is 1. The van der Waals surface area contributed by atoms with Gasteiger partial charge in [-0.15, -0.1) is 10.2 Å². The SMILES string of the molecule is Nc1nc2nnncc2[nH]1. The average Bonchev–Trinajstić information content (AvgIpc) is 2.27. The number of imidazole rings is 1. The summed E-state index contributed by atoms with van der Waals surface area (Å²) < 4.78 is 0. The fourth-order valence-electron chi connectivity index (χ4n) is 0.714. The highest BCUT2D eigenvalue weighted by Gasteiger charge is 1.98. The minimum Gasteiger partial charge on any atom is -0.369 e. The Hall–Kier alpha value is -1.72. The second kappa shape index (κ2) is 1.63. The van der Waals surface area contributed by atoms with E-state index in [4.69, 9.17) is 5.73 Å². The number of aromatic amines is 1. The van der Waals surface area contributed by atoms with Gasteiger partial charge in [-0.05, 0) is 5.21 Å². The van der Waals surface area contributed by atoms with Crippen molar-refractivity contribution < 1.29 is 0 Å². The lowest BCUT2D eigenvalue weighted by atomic mass is 10.6. The molecule has 0 atom stereocenters. The Morgan fingerprint density at radius 3 is 3.20 bits per heavy atom. The quantitative estimate of drug-likeness (QED) is 0.501. The molecule has 0 aromatic carbocycles. The number of hydrogen-bond donors (Lipinski definition) is 2. The molecule has 0 saturated carbocycles. The standard InChI is InChI=1S/C4H4N6/c5-4-7-2-1-6-10-9-3(2)8-4/h1H,(H3,5,6,7,8,9). The van der Waals surface area contributed by atoms with Crippen LogP contribution in [0.1, 0.15) is 0 Å². The van der Waals surface area contributed by atoms with Crippen LogP contribution in [0.15, 0.2) is 6.20 Å². The van der Waals surface area contributed by atoms with Crippen molar-refractivity contribution in [1.29, 1.82) is 0 Å². The molecule has 0 aliphatic heterocycles. The first kappa shape index (κ1) is 5.10. The summed E-state index contributed by atoms with van der Waals surface area (Å²) in [6, 6.07) is 0. The molecule has 0 radical (unpaired) electrons. The van der Waals surface area contributed by atoms with E-state index in [1.165, 1.54) is 6.20 Å². The number of fused-ring (bicyclic) bond motifs is 1. The molecule has 2 aromatic heterocycles. The molecule has 2 aromatic rings. The summed E-state index contributed by atoms with van der Waals surface area (Å²) in [5.74, 6) is 0.331. The largest absolute Gasteiger partial charge is 0.369 e. The lowest BCUT2D eigenvalue weighted by Gasteiger charge is -1.78. The molecule has 6 heteroatoms. The number of anilines is 1. The van der Waals surface area contributed by atoms with E-state index in [0.29, 0.717) is 17.1 Å². The number of rotatable bonds is 0. The molecular weight excluding hydrogens is 132 g/mol. The second-order valence-electron chi connectivity index (χ2n) is 1.79. The van der Waals surface area contributed by atoms with E-state index in [9.17, 15) is 0 Å². The summed E-state index contributed by atoms with van der Waals surface area (Å²) in [4.78, 5) is 6.58. The van der Waals surface area contributed by atoms with Crippen LogP contribution in [0.25, 0.3) is 11.2 Å². The highest BCUT2D eigenvalue weighted by Crippen LogP contribution is 2.04. The smallest absolute Gasteiger partial charge is 0.204 e. The molecule has 0 saturated heterocycles. The molecule has 2 rings (SSSR count). The first-order valence-electron chi connectivity index (χ1n) is 2.66. The maximum Gasteiger partial charge on any atom is 0.204 e. The Morgan fingerprint density at radius 1 is 1.50 bits per heavy atom. The van der Waals surface area contributed by atoms with Gasteiger partial charge in [-0.2, -0.15) is 4.98 Å². The number of nitrogens with zero attached hydrogens (tertiary/aromatic N) is 4. The van der Waals surface area contributed by atoms with E-state index in [-0.39, 0.29) is 0 Å². The van der Waals surface area contributed by atoms with E-state index in [2.05, 4.69) is 25.4 Å². The van der Waals surface area contributed by atoms with Crippen molar-refractivity contribution in [2.24, 2.45) is 0 Å². The second-order valence-corrected chi connectivity index (χ2v) is 1.79. The summed E-state index contributed by atoms with van der Waals surface area (Å²) in [5.41, 5.74) is 6.52. The maximum atomic E-state index is 5.33. The van der Waals surface area contributed by atoms with Gasteiger partial charge in [0.25, 0.3) is 0 Å². The van der Waals surface area contributed by atoms with Crippen LogP contribution in [0.5, 0.6) is 0 Å². The highest BCUT2D eigenvalue weighted by atomic mass is 15.3. The van der Waals surface area contributed by atoms with Crippen LogP contribution in [0.3, 0.4) is 0 Å². The van der Waals surface area contributed by atoms with Crippen LogP contribution in [0, 0.1) is 0 Å². The van der Waals surface area contributed by atoms with Gasteiger partial charge >= 0.3 is 0 Å². The molecule has 0 unspecified atom stereocenters. The molecule has 0 aliphatic rings. The van der Waals surface area contributed by atoms with Crippen LogP contribution >= 0.6 is 0 Å². The van der Waals surface area contributed by atoms with E-state index in [0.717, 1.165) is 0 Å². The van der Waals surface area contributed by atoms with Crippen LogP contribution < -0.4 is 5.73 Å². The third-order valence-electron chi connectivity index (χ3n) is 1.11. The molecule has 0 fully saturated rings. The lowest BCUT2D eigenvalue weighted by Crippen LogP contribution is -1.85. The van der Waals surface area contributed by atoms with Gasteiger partial charge in [0, 0.05) is 0 Å². The summed E-state index contributed by atoms with van der Waals surface area (Å²) >= 11 is 0. The van der Waals surface area contributed by atoms with E-state index >= 15 is 0 Å². The van der Waals surface area contributed by atoms with Gasteiger partial charge in [0.1, 0.15) is 5.52 Å². The fraction of sp³-hybridized carbons (Fsp3) is 0. The van der Waals surface area contributed by atoms with Gasteiger partial charge in [0.05, 0.1) is 6.20 Å². The molecular formula is C4H4N6. The Kier molecular flexibility index (Phi) is 0.830. The maximum absolute atomic E-state index is 5.33. The van der Waals surface area contributed by atoms with Gasteiger partial charge in [0.2, 0.25) is 5.65 Å². The van der Waals surface area contributed by atoms with Gasteiger partial charge in [0.15, 0.2) is 5.95 Å². The van der Waals surface area contributed by atoms with Crippen molar-refractivity contribution in [2.45, 2.75) is 0 Å². The van der Waals surface area contributed by atoms with Gasteiger partial charge in [-0.1, -0.05) is 0 Å². The minimum absolute atomic E-state index is 0.331. The topological polar surface area (TPSA) is 93.4 Å². The summed E-state index contributed by atoms with van der Waals surface area (Å²) in [6.07, 6.45) is 1.52. The van der Waals surface area contributed by atoms with Crippen LogP contribution in [-0.4, -0.2) is 25.4 Å². The van der Waals surface area contributed by atoms with Gasteiger partial charge in [-0.3, -0.25) is 0 Å². The van der Waals surface area contributed by atoms with Gasteiger partial charge < -0.3 is 10.7 Å². The van der Waals surface area contributed by atoms with Crippen molar-refractivity contribution in [3.63, 3.8) is 0 Å². The van der Waals surface area contributed by atoms with Crippen molar-refractivity contribution in [1.82, 2.24) is 25.4 Å². The van der Waals surface area contributed by atoms with Gasteiger partial charge in [-0.25, -0.2) is 0 Å². The zero-order valence-electron chi connectivity index (χ0n) is 4.94. The molecule has 10 heavy (non-hydrogen) atoms. The monoisotopic (exact) mass is 136 g/mol. The molecule has 3 N–H and O–H groups in total. The van der Waals surface area contributed by atoms with E-state index in [1.807, 2.05) is 0 Å². The summed E-state index contributed by atoms with van der Waals surface area (Å²) in [6.45, 7) is 0. The highest BCUT2D eigenvalue weighted by molar-refractivity contribution is 5.70. The fourth-order valence-corrected chi connectivity index (χ4v) is 0.714. The number of H-pyrrole nitrogens is 1. The molecule has 2 heterocycles. The number of nitrogen functional groups attached to an aromatic ring is 1. The Morgan fingerprint density at radius 2 is 2.40 bits per heavy atom. The number of aromatic nitrogens is 5.